The summed E-state index contributed by atoms with van der Waals surface area (Å²) < 4.78 is 4.58. The summed E-state index contributed by atoms with van der Waals surface area (Å²) >= 11 is 12.1. The Hall–Kier alpha value is -0.770. The van der Waals surface area contributed by atoms with E-state index in [0.717, 1.165) is 5.56 Å². The summed E-state index contributed by atoms with van der Waals surface area (Å²) in [5.41, 5.74) is 0.878. The van der Waals surface area contributed by atoms with Crippen LogP contribution in [0, 0.1) is 0 Å². The number of rotatable bonds is 5. The van der Waals surface area contributed by atoms with Crippen LogP contribution in [0.5, 0.6) is 0 Å². The smallest absolute Gasteiger partial charge is 0.306 e. The SMILES string of the molecule is COC(=O)CCN(C)Cc1c(Cl)cccc1Cl. The summed E-state index contributed by atoms with van der Waals surface area (Å²) in [5.74, 6) is -0.220. The first-order valence-corrected chi connectivity index (χ1v) is 5.98. The molecule has 5 heteroatoms. The fourth-order valence-corrected chi connectivity index (χ4v) is 1.93. The van der Waals surface area contributed by atoms with Crippen LogP contribution in [0.25, 0.3) is 0 Å². The first-order valence-electron chi connectivity index (χ1n) is 5.23. The molecule has 0 saturated carbocycles. The van der Waals surface area contributed by atoms with Crippen molar-refractivity contribution in [3.8, 4) is 0 Å². The van der Waals surface area contributed by atoms with E-state index in [0.29, 0.717) is 29.6 Å². The quantitative estimate of drug-likeness (QED) is 0.774. The van der Waals surface area contributed by atoms with Gasteiger partial charge in [-0.15, -0.1) is 0 Å². The van der Waals surface area contributed by atoms with Gasteiger partial charge in [0.15, 0.2) is 0 Å². The molecule has 0 radical (unpaired) electrons. The zero-order chi connectivity index (χ0) is 12.8. The molecule has 0 aliphatic rings. The number of hydrogen-bond acceptors (Lipinski definition) is 3. The molecule has 0 bridgehead atoms. The molecule has 3 nitrogen and oxygen atoms in total. The van der Waals surface area contributed by atoms with Gasteiger partial charge in [0.25, 0.3) is 0 Å². The number of nitrogens with zero attached hydrogens (tertiary/aromatic N) is 1. The predicted octanol–water partition coefficient (Wildman–Crippen LogP) is 2.99. The van der Waals surface area contributed by atoms with Gasteiger partial charge >= 0.3 is 5.97 Å². The van der Waals surface area contributed by atoms with Crippen LogP contribution in [0.4, 0.5) is 0 Å². The van der Waals surface area contributed by atoms with Crippen LogP contribution >= 0.6 is 23.2 Å². The molecule has 0 heterocycles. The van der Waals surface area contributed by atoms with Crippen LogP contribution in [-0.4, -0.2) is 31.6 Å². The molecule has 0 amide bonds. The van der Waals surface area contributed by atoms with Crippen molar-refractivity contribution in [2.24, 2.45) is 0 Å². The average Bonchev–Trinajstić information content (AvgIpc) is 2.31. The molecular formula is C12H15Cl2NO2. The summed E-state index contributed by atoms with van der Waals surface area (Å²) in [6.45, 7) is 1.21. The second kappa shape index (κ2) is 6.84. The van der Waals surface area contributed by atoms with Gasteiger partial charge in [0, 0.05) is 28.7 Å². The molecule has 0 aromatic heterocycles. The molecule has 0 N–H and O–H groups in total. The van der Waals surface area contributed by atoms with E-state index in [1.807, 2.05) is 18.0 Å². The number of hydrogen-bond donors (Lipinski definition) is 0. The number of esters is 1. The number of ether oxygens (including phenoxy) is 1. The van der Waals surface area contributed by atoms with Crippen LogP contribution in [0.2, 0.25) is 10.0 Å². The third-order valence-corrected chi connectivity index (χ3v) is 3.12. The lowest BCUT2D eigenvalue weighted by atomic mass is 10.2. The maximum atomic E-state index is 11.0. The largest absolute Gasteiger partial charge is 0.469 e. The zero-order valence-electron chi connectivity index (χ0n) is 9.87. The van der Waals surface area contributed by atoms with Crippen molar-refractivity contribution >= 4 is 29.2 Å². The minimum atomic E-state index is -0.220. The van der Waals surface area contributed by atoms with E-state index >= 15 is 0 Å². The normalized spacial score (nSPS) is 10.6. The monoisotopic (exact) mass is 275 g/mol. The number of halogens is 2. The molecule has 0 spiro atoms. The number of carbonyl (C=O) groups excluding carboxylic acids is 1. The third-order valence-electron chi connectivity index (χ3n) is 2.42. The van der Waals surface area contributed by atoms with Crippen LogP contribution in [-0.2, 0) is 16.1 Å². The van der Waals surface area contributed by atoms with E-state index < -0.39 is 0 Å². The van der Waals surface area contributed by atoms with Gasteiger partial charge in [0.05, 0.1) is 13.5 Å². The van der Waals surface area contributed by atoms with E-state index in [9.17, 15) is 4.79 Å². The molecule has 94 valence electrons. The first-order chi connectivity index (χ1) is 8.04. The van der Waals surface area contributed by atoms with Crippen molar-refractivity contribution < 1.29 is 9.53 Å². The molecule has 0 aliphatic carbocycles. The lowest BCUT2D eigenvalue weighted by Crippen LogP contribution is -2.22. The molecule has 1 aromatic carbocycles. The van der Waals surface area contributed by atoms with Crippen molar-refractivity contribution in [1.29, 1.82) is 0 Å². The van der Waals surface area contributed by atoms with Crippen LogP contribution in [0.3, 0.4) is 0 Å². The zero-order valence-corrected chi connectivity index (χ0v) is 11.4. The summed E-state index contributed by atoms with van der Waals surface area (Å²) in [6.07, 6.45) is 0.356. The molecule has 17 heavy (non-hydrogen) atoms. The number of benzene rings is 1. The van der Waals surface area contributed by atoms with Crippen molar-refractivity contribution in [3.05, 3.63) is 33.8 Å². The fraction of sp³-hybridized carbons (Fsp3) is 0.417. The van der Waals surface area contributed by atoms with E-state index in [1.54, 1.807) is 12.1 Å². The Balaban J connectivity index is 2.56. The molecule has 0 aliphatic heterocycles. The van der Waals surface area contributed by atoms with E-state index in [-0.39, 0.29) is 5.97 Å². The topological polar surface area (TPSA) is 29.5 Å². The first kappa shape index (κ1) is 14.3. The van der Waals surface area contributed by atoms with Gasteiger partial charge in [-0.05, 0) is 19.2 Å². The van der Waals surface area contributed by atoms with Crippen LogP contribution < -0.4 is 0 Å². The van der Waals surface area contributed by atoms with Crippen molar-refractivity contribution in [1.82, 2.24) is 4.90 Å². The highest BCUT2D eigenvalue weighted by Crippen LogP contribution is 2.25. The predicted molar refractivity (Wildman–Crippen MR) is 69.4 cm³/mol. The highest BCUT2D eigenvalue weighted by atomic mass is 35.5. The van der Waals surface area contributed by atoms with E-state index in [2.05, 4.69) is 4.74 Å². The highest BCUT2D eigenvalue weighted by Gasteiger charge is 2.09. The summed E-state index contributed by atoms with van der Waals surface area (Å²) in [4.78, 5) is 13.0. The van der Waals surface area contributed by atoms with Gasteiger partial charge in [-0.25, -0.2) is 0 Å². The van der Waals surface area contributed by atoms with Crippen LogP contribution in [0.1, 0.15) is 12.0 Å². The number of methoxy groups -OCH3 is 1. The highest BCUT2D eigenvalue weighted by molar-refractivity contribution is 6.35. The Bertz CT molecular complexity index is 376. The summed E-state index contributed by atoms with van der Waals surface area (Å²) in [7, 11) is 3.29. The Morgan fingerprint density at radius 1 is 1.35 bits per heavy atom. The standard InChI is InChI=1S/C12H15Cl2NO2/c1-15(7-6-12(16)17-2)8-9-10(13)4-3-5-11(9)14/h3-5H,6-8H2,1-2H3. The average molecular weight is 276 g/mol. The maximum Gasteiger partial charge on any atom is 0.306 e. The van der Waals surface area contributed by atoms with E-state index in [4.69, 9.17) is 23.2 Å². The van der Waals surface area contributed by atoms with Crippen molar-refractivity contribution in [2.75, 3.05) is 20.7 Å². The minimum Gasteiger partial charge on any atom is -0.469 e. The van der Waals surface area contributed by atoms with Gasteiger partial charge < -0.3 is 9.64 Å². The lowest BCUT2D eigenvalue weighted by Gasteiger charge is -2.17. The molecule has 1 aromatic rings. The van der Waals surface area contributed by atoms with Crippen molar-refractivity contribution in [2.45, 2.75) is 13.0 Å². The summed E-state index contributed by atoms with van der Waals surface area (Å²) in [5, 5.41) is 1.28. The molecule has 0 saturated heterocycles. The summed E-state index contributed by atoms with van der Waals surface area (Å²) in [6, 6.07) is 5.41. The lowest BCUT2D eigenvalue weighted by molar-refractivity contribution is -0.140. The molecule has 0 fully saturated rings. The maximum absolute atomic E-state index is 11.0. The fourth-order valence-electron chi connectivity index (χ4n) is 1.42. The minimum absolute atomic E-state index is 0.220. The third kappa shape index (κ3) is 4.54. The Kier molecular flexibility index (Phi) is 5.75. The molecular weight excluding hydrogens is 261 g/mol. The molecule has 1 rings (SSSR count). The van der Waals surface area contributed by atoms with Gasteiger partial charge in [-0.3, -0.25) is 4.79 Å². The Morgan fingerprint density at radius 2 is 1.94 bits per heavy atom. The van der Waals surface area contributed by atoms with Gasteiger partial charge in [0.1, 0.15) is 0 Å². The molecule has 0 unspecified atom stereocenters. The number of carbonyl (C=O) groups is 1. The van der Waals surface area contributed by atoms with Gasteiger partial charge in [-0.2, -0.15) is 0 Å². The van der Waals surface area contributed by atoms with Crippen molar-refractivity contribution in [3.63, 3.8) is 0 Å². The molecule has 0 atom stereocenters. The second-order valence-electron chi connectivity index (χ2n) is 3.76. The van der Waals surface area contributed by atoms with E-state index in [1.165, 1.54) is 7.11 Å². The van der Waals surface area contributed by atoms with Gasteiger partial charge in [-0.1, -0.05) is 29.3 Å². The second-order valence-corrected chi connectivity index (χ2v) is 4.58. The Labute approximate surface area is 111 Å². The van der Waals surface area contributed by atoms with Crippen LogP contribution in [0.15, 0.2) is 18.2 Å². The van der Waals surface area contributed by atoms with Gasteiger partial charge in [0.2, 0.25) is 0 Å². The Morgan fingerprint density at radius 3 is 2.47 bits per heavy atom.